The van der Waals surface area contributed by atoms with Gasteiger partial charge in [0.1, 0.15) is 0 Å². The van der Waals surface area contributed by atoms with Crippen LogP contribution < -0.4 is 5.32 Å². The van der Waals surface area contributed by atoms with Crippen LogP contribution in [0.1, 0.15) is 46.0 Å². The standard InChI is InChI=1S/C17H33N3/c1-17(2)8-4-5-15(16(17)18-3)20-11-9-19(10-12-20)13-14-6-7-14/h14-16,18H,4-13H2,1-3H3. The molecule has 1 aliphatic heterocycles. The zero-order chi connectivity index (χ0) is 14.2. The lowest BCUT2D eigenvalue weighted by molar-refractivity contribution is 0.0201. The Morgan fingerprint density at radius 1 is 1.05 bits per heavy atom. The Hall–Kier alpha value is -0.120. The lowest BCUT2D eigenvalue weighted by Crippen LogP contribution is -2.61. The van der Waals surface area contributed by atoms with E-state index in [1.807, 2.05) is 0 Å². The molecular weight excluding hydrogens is 246 g/mol. The van der Waals surface area contributed by atoms with Crippen LogP contribution in [0, 0.1) is 11.3 Å². The Morgan fingerprint density at radius 2 is 1.75 bits per heavy atom. The van der Waals surface area contributed by atoms with E-state index in [0.717, 1.165) is 12.0 Å². The van der Waals surface area contributed by atoms with Gasteiger partial charge in [0.05, 0.1) is 0 Å². The van der Waals surface area contributed by atoms with Crippen molar-refractivity contribution in [3.63, 3.8) is 0 Å². The van der Waals surface area contributed by atoms with Crippen LogP contribution in [0.5, 0.6) is 0 Å². The molecule has 0 amide bonds. The van der Waals surface area contributed by atoms with Crippen LogP contribution in [0.25, 0.3) is 0 Å². The Bertz CT molecular complexity index is 316. The van der Waals surface area contributed by atoms with Gasteiger partial charge in [-0.2, -0.15) is 0 Å². The molecule has 0 spiro atoms. The summed E-state index contributed by atoms with van der Waals surface area (Å²) in [7, 11) is 2.16. The Labute approximate surface area is 125 Å². The van der Waals surface area contributed by atoms with Crippen molar-refractivity contribution in [2.24, 2.45) is 11.3 Å². The third-order valence-electron chi connectivity index (χ3n) is 5.95. The normalized spacial score (nSPS) is 36.1. The van der Waals surface area contributed by atoms with E-state index in [2.05, 4.69) is 36.0 Å². The van der Waals surface area contributed by atoms with E-state index >= 15 is 0 Å². The maximum atomic E-state index is 3.64. The van der Waals surface area contributed by atoms with Gasteiger partial charge in [-0.15, -0.1) is 0 Å². The third kappa shape index (κ3) is 3.20. The van der Waals surface area contributed by atoms with Gasteiger partial charge in [-0.3, -0.25) is 4.90 Å². The lowest BCUT2D eigenvalue weighted by atomic mass is 9.70. The van der Waals surface area contributed by atoms with E-state index in [1.54, 1.807) is 0 Å². The molecule has 3 nitrogen and oxygen atoms in total. The highest BCUT2D eigenvalue weighted by Gasteiger charge is 2.41. The van der Waals surface area contributed by atoms with E-state index in [4.69, 9.17) is 0 Å². The quantitative estimate of drug-likeness (QED) is 0.851. The van der Waals surface area contributed by atoms with Gasteiger partial charge in [0.2, 0.25) is 0 Å². The molecule has 0 aromatic heterocycles. The van der Waals surface area contributed by atoms with Crippen LogP contribution in [0.15, 0.2) is 0 Å². The highest BCUT2D eigenvalue weighted by Crippen LogP contribution is 2.38. The minimum absolute atomic E-state index is 0.447. The predicted molar refractivity (Wildman–Crippen MR) is 85.0 cm³/mol. The summed E-state index contributed by atoms with van der Waals surface area (Å²) in [5.74, 6) is 1.04. The minimum Gasteiger partial charge on any atom is -0.315 e. The molecule has 0 aromatic rings. The molecule has 2 unspecified atom stereocenters. The van der Waals surface area contributed by atoms with Crippen LogP contribution in [0.4, 0.5) is 0 Å². The van der Waals surface area contributed by atoms with Gasteiger partial charge in [-0.05, 0) is 44.1 Å². The average molecular weight is 279 g/mol. The predicted octanol–water partition coefficient (Wildman–Crippen LogP) is 2.18. The maximum absolute atomic E-state index is 3.64. The van der Waals surface area contributed by atoms with Crippen LogP contribution in [-0.4, -0.2) is 61.7 Å². The molecule has 3 heteroatoms. The third-order valence-corrected chi connectivity index (χ3v) is 5.95. The van der Waals surface area contributed by atoms with Gasteiger partial charge in [-0.25, -0.2) is 0 Å². The van der Waals surface area contributed by atoms with E-state index in [-0.39, 0.29) is 0 Å². The Balaban J connectivity index is 1.55. The fourth-order valence-corrected chi connectivity index (χ4v) is 4.53. The van der Waals surface area contributed by atoms with Gasteiger partial charge in [0.25, 0.3) is 0 Å². The van der Waals surface area contributed by atoms with E-state index in [1.165, 1.54) is 64.8 Å². The van der Waals surface area contributed by atoms with Crippen molar-refractivity contribution in [1.82, 2.24) is 15.1 Å². The molecule has 2 saturated carbocycles. The van der Waals surface area contributed by atoms with Gasteiger partial charge in [0.15, 0.2) is 0 Å². The largest absolute Gasteiger partial charge is 0.315 e. The molecule has 3 aliphatic rings. The van der Waals surface area contributed by atoms with Crippen molar-refractivity contribution in [2.45, 2.75) is 58.0 Å². The first-order valence-electron chi connectivity index (χ1n) is 8.74. The fraction of sp³-hybridized carbons (Fsp3) is 1.00. The van der Waals surface area contributed by atoms with Crippen molar-refractivity contribution >= 4 is 0 Å². The van der Waals surface area contributed by atoms with Crippen molar-refractivity contribution in [1.29, 1.82) is 0 Å². The SMILES string of the molecule is CNC1C(N2CCN(CC3CC3)CC2)CCCC1(C)C. The molecule has 3 rings (SSSR count). The molecule has 2 atom stereocenters. The summed E-state index contributed by atoms with van der Waals surface area (Å²) < 4.78 is 0. The number of hydrogen-bond donors (Lipinski definition) is 1. The van der Waals surface area contributed by atoms with Gasteiger partial charge >= 0.3 is 0 Å². The highest BCUT2D eigenvalue weighted by atomic mass is 15.3. The first-order valence-corrected chi connectivity index (χ1v) is 8.74. The molecule has 1 N–H and O–H groups in total. The topological polar surface area (TPSA) is 18.5 Å². The molecule has 20 heavy (non-hydrogen) atoms. The Kier molecular flexibility index (Phi) is 4.40. The molecule has 1 saturated heterocycles. The minimum atomic E-state index is 0.447. The molecular formula is C17H33N3. The lowest BCUT2D eigenvalue weighted by Gasteiger charge is -2.50. The van der Waals surface area contributed by atoms with E-state index < -0.39 is 0 Å². The summed E-state index contributed by atoms with van der Waals surface area (Å²) in [4.78, 5) is 5.49. The monoisotopic (exact) mass is 279 g/mol. The summed E-state index contributed by atoms with van der Waals surface area (Å²) in [6, 6.07) is 1.41. The van der Waals surface area contributed by atoms with Crippen molar-refractivity contribution < 1.29 is 0 Å². The summed E-state index contributed by atoms with van der Waals surface area (Å²) in [6.07, 6.45) is 7.13. The summed E-state index contributed by atoms with van der Waals surface area (Å²) >= 11 is 0. The van der Waals surface area contributed by atoms with Gasteiger partial charge < -0.3 is 10.2 Å². The molecule has 2 aliphatic carbocycles. The summed E-state index contributed by atoms with van der Waals surface area (Å²) in [6.45, 7) is 11.4. The average Bonchev–Trinajstić information content (AvgIpc) is 3.22. The molecule has 0 radical (unpaired) electrons. The Morgan fingerprint density at radius 3 is 2.35 bits per heavy atom. The van der Waals surface area contributed by atoms with Gasteiger partial charge in [-0.1, -0.05) is 20.3 Å². The molecule has 3 fully saturated rings. The zero-order valence-electron chi connectivity index (χ0n) is 13.7. The number of nitrogens with one attached hydrogen (secondary N) is 1. The fourth-order valence-electron chi connectivity index (χ4n) is 4.53. The molecule has 0 aromatic carbocycles. The molecule has 1 heterocycles. The van der Waals surface area contributed by atoms with Crippen LogP contribution in [-0.2, 0) is 0 Å². The smallest absolute Gasteiger partial charge is 0.0271 e. The number of likely N-dealkylation sites (N-methyl/N-ethyl adjacent to an activating group) is 1. The van der Waals surface area contributed by atoms with Crippen LogP contribution in [0.3, 0.4) is 0 Å². The van der Waals surface area contributed by atoms with Crippen molar-refractivity contribution in [3.05, 3.63) is 0 Å². The first-order chi connectivity index (χ1) is 9.60. The molecule has 0 bridgehead atoms. The highest BCUT2D eigenvalue weighted by molar-refractivity contribution is 4.98. The summed E-state index contributed by atoms with van der Waals surface area (Å²) in [5, 5.41) is 3.64. The maximum Gasteiger partial charge on any atom is 0.0271 e. The summed E-state index contributed by atoms with van der Waals surface area (Å²) in [5.41, 5.74) is 0.447. The van der Waals surface area contributed by atoms with E-state index in [9.17, 15) is 0 Å². The number of piperazine rings is 1. The van der Waals surface area contributed by atoms with Crippen molar-refractivity contribution in [3.8, 4) is 0 Å². The second-order valence-electron chi connectivity index (χ2n) is 7.99. The van der Waals surface area contributed by atoms with Gasteiger partial charge in [0, 0.05) is 44.8 Å². The number of rotatable bonds is 4. The second kappa shape index (κ2) is 5.94. The van der Waals surface area contributed by atoms with Crippen LogP contribution in [0.2, 0.25) is 0 Å². The molecule has 116 valence electrons. The number of nitrogens with zero attached hydrogens (tertiary/aromatic N) is 2. The van der Waals surface area contributed by atoms with Crippen molar-refractivity contribution in [2.75, 3.05) is 39.8 Å². The van der Waals surface area contributed by atoms with E-state index in [0.29, 0.717) is 11.5 Å². The first kappa shape index (κ1) is 14.8. The van der Waals surface area contributed by atoms with Crippen LogP contribution >= 0.6 is 0 Å². The zero-order valence-corrected chi connectivity index (χ0v) is 13.7. The second-order valence-corrected chi connectivity index (χ2v) is 7.99. The number of hydrogen-bond acceptors (Lipinski definition) is 3.